The van der Waals surface area contributed by atoms with Gasteiger partial charge < -0.3 is 10.1 Å². The number of fused-ring (bicyclic) bond motifs is 3. The van der Waals surface area contributed by atoms with Crippen LogP contribution in [0.15, 0.2) is 60.9 Å². The molecule has 0 aliphatic heterocycles. The minimum atomic E-state index is 0.569. The molecule has 1 aliphatic carbocycles. The van der Waals surface area contributed by atoms with Crippen LogP contribution in [-0.2, 0) is 19.4 Å². The van der Waals surface area contributed by atoms with Crippen LogP contribution in [0.3, 0.4) is 0 Å². The summed E-state index contributed by atoms with van der Waals surface area (Å²) in [6.45, 7) is 2.90. The van der Waals surface area contributed by atoms with Crippen molar-refractivity contribution in [1.29, 1.82) is 0 Å². The van der Waals surface area contributed by atoms with Crippen molar-refractivity contribution in [3.63, 3.8) is 0 Å². The smallest absolute Gasteiger partial charge is 0.142 e. The van der Waals surface area contributed by atoms with Gasteiger partial charge >= 0.3 is 0 Å². The highest BCUT2D eigenvalue weighted by atomic mass is 32.1. The number of benzene rings is 2. The van der Waals surface area contributed by atoms with Gasteiger partial charge in [-0.15, -0.1) is 11.3 Å². The summed E-state index contributed by atoms with van der Waals surface area (Å²) in [6, 6.07) is 18.3. The maximum atomic E-state index is 5.89. The zero-order chi connectivity index (χ0) is 19.6. The van der Waals surface area contributed by atoms with Gasteiger partial charge in [0.05, 0.1) is 5.39 Å². The fourth-order valence-electron chi connectivity index (χ4n) is 3.88. The molecular weight excluding hydrogens is 378 g/mol. The third kappa shape index (κ3) is 3.83. The lowest BCUT2D eigenvalue weighted by atomic mass is 9.89. The van der Waals surface area contributed by atoms with Gasteiger partial charge in [-0.1, -0.05) is 37.3 Å². The van der Waals surface area contributed by atoms with E-state index in [4.69, 9.17) is 4.74 Å². The largest absolute Gasteiger partial charge is 0.489 e. The summed E-state index contributed by atoms with van der Waals surface area (Å²) in [5.41, 5.74) is 3.60. The highest BCUT2D eigenvalue weighted by Crippen LogP contribution is 2.40. The number of aryl methyl sites for hydroxylation is 1. The number of hydrogen-bond donors (Lipinski definition) is 1. The molecule has 2 aromatic heterocycles. The van der Waals surface area contributed by atoms with Gasteiger partial charge in [0.2, 0.25) is 0 Å². The molecule has 1 aliphatic rings. The molecule has 1 N–H and O–H groups in total. The number of ether oxygens (including phenoxy) is 1. The van der Waals surface area contributed by atoms with Gasteiger partial charge in [-0.2, -0.15) is 0 Å². The van der Waals surface area contributed by atoms with E-state index < -0.39 is 0 Å². The van der Waals surface area contributed by atoms with Crippen molar-refractivity contribution in [2.24, 2.45) is 5.92 Å². The number of aromatic nitrogens is 2. The van der Waals surface area contributed by atoms with Gasteiger partial charge in [0, 0.05) is 10.6 Å². The molecule has 0 spiro atoms. The maximum Gasteiger partial charge on any atom is 0.142 e. The Morgan fingerprint density at radius 3 is 2.72 bits per heavy atom. The van der Waals surface area contributed by atoms with Gasteiger partial charge in [0.1, 0.15) is 29.3 Å². The van der Waals surface area contributed by atoms with E-state index in [0.29, 0.717) is 6.61 Å². The molecule has 0 amide bonds. The molecule has 1 atom stereocenters. The van der Waals surface area contributed by atoms with E-state index in [0.717, 1.165) is 46.4 Å². The molecule has 0 unspecified atom stereocenters. The third-order valence-electron chi connectivity index (χ3n) is 5.46. The van der Waals surface area contributed by atoms with Crippen LogP contribution in [0.25, 0.3) is 10.2 Å². The van der Waals surface area contributed by atoms with Crippen LogP contribution in [-0.4, -0.2) is 9.97 Å². The summed E-state index contributed by atoms with van der Waals surface area (Å²) >= 11 is 1.82. The minimum absolute atomic E-state index is 0.569. The molecule has 0 saturated heterocycles. The second kappa shape index (κ2) is 7.84. The summed E-state index contributed by atoms with van der Waals surface area (Å²) in [6.07, 6.45) is 5.17. The van der Waals surface area contributed by atoms with Gasteiger partial charge in [0.15, 0.2) is 0 Å². The van der Waals surface area contributed by atoms with E-state index in [2.05, 4.69) is 34.3 Å². The Balaban J connectivity index is 1.34. The minimum Gasteiger partial charge on any atom is -0.489 e. The SMILES string of the molecule is C[C@H]1CCc2c(sc3ncnc(Nc4ccc(OCc5ccccc5)cc4)c23)C1. The standard InChI is InChI=1S/C24H23N3OS/c1-16-7-12-20-21(13-16)29-24-22(20)23(25-15-26-24)27-18-8-10-19(11-9-18)28-14-17-5-3-2-4-6-17/h2-6,8-11,15-16H,7,12-14H2,1H3,(H,25,26,27)/t16-/m0/s1. The molecule has 0 saturated carbocycles. The summed E-state index contributed by atoms with van der Waals surface area (Å²) in [5, 5.41) is 4.69. The molecule has 2 heterocycles. The molecule has 2 aromatic carbocycles. The Bertz CT molecular complexity index is 1120. The van der Waals surface area contributed by atoms with Crippen molar-refractivity contribution in [1.82, 2.24) is 9.97 Å². The Morgan fingerprint density at radius 2 is 1.90 bits per heavy atom. The molecule has 5 heteroatoms. The highest BCUT2D eigenvalue weighted by molar-refractivity contribution is 7.19. The lowest BCUT2D eigenvalue weighted by Crippen LogP contribution is -2.09. The van der Waals surface area contributed by atoms with Crippen molar-refractivity contribution < 1.29 is 4.74 Å². The van der Waals surface area contributed by atoms with E-state index in [1.54, 1.807) is 6.33 Å². The Hall–Kier alpha value is -2.92. The van der Waals surface area contributed by atoms with Gasteiger partial charge in [0.25, 0.3) is 0 Å². The van der Waals surface area contributed by atoms with E-state index >= 15 is 0 Å². The van der Waals surface area contributed by atoms with Crippen molar-refractivity contribution in [3.05, 3.63) is 76.9 Å². The zero-order valence-corrected chi connectivity index (χ0v) is 17.2. The molecule has 5 rings (SSSR count). The lowest BCUT2D eigenvalue weighted by Gasteiger charge is -2.18. The van der Waals surface area contributed by atoms with Crippen molar-refractivity contribution in [3.8, 4) is 5.75 Å². The quantitative estimate of drug-likeness (QED) is 0.436. The van der Waals surface area contributed by atoms with Gasteiger partial charge in [-0.25, -0.2) is 9.97 Å². The predicted octanol–water partition coefficient (Wildman–Crippen LogP) is 6.14. The Morgan fingerprint density at radius 1 is 1.07 bits per heavy atom. The molecule has 0 bridgehead atoms. The fourth-order valence-corrected chi connectivity index (χ4v) is 5.23. The number of thiophene rings is 1. The Kier molecular flexibility index (Phi) is 4.90. The van der Waals surface area contributed by atoms with E-state index in [1.165, 1.54) is 22.2 Å². The number of hydrogen-bond acceptors (Lipinski definition) is 5. The van der Waals surface area contributed by atoms with Crippen molar-refractivity contribution >= 4 is 33.1 Å². The topological polar surface area (TPSA) is 47.0 Å². The molecular formula is C24H23N3OS. The molecule has 146 valence electrons. The van der Waals surface area contributed by atoms with Gasteiger partial charge in [-0.05, 0) is 60.6 Å². The van der Waals surface area contributed by atoms with E-state index in [9.17, 15) is 0 Å². The van der Waals surface area contributed by atoms with Crippen LogP contribution in [0, 0.1) is 5.92 Å². The average Bonchev–Trinajstić information content (AvgIpc) is 3.12. The number of nitrogens with one attached hydrogen (secondary N) is 1. The van der Waals surface area contributed by atoms with Crippen LogP contribution in [0.5, 0.6) is 5.75 Å². The predicted molar refractivity (Wildman–Crippen MR) is 119 cm³/mol. The molecule has 4 aromatic rings. The first kappa shape index (κ1) is 18.1. The molecule has 29 heavy (non-hydrogen) atoms. The normalized spacial score (nSPS) is 15.8. The third-order valence-corrected chi connectivity index (χ3v) is 6.62. The summed E-state index contributed by atoms with van der Waals surface area (Å²) in [5.74, 6) is 2.51. The van der Waals surface area contributed by atoms with Crippen LogP contribution in [0.1, 0.15) is 29.3 Å². The zero-order valence-electron chi connectivity index (χ0n) is 16.4. The van der Waals surface area contributed by atoms with E-state index in [-0.39, 0.29) is 0 Å². The summed E-state index contributed by atoms with van der Waals surface area (Å²) in [7, 11) is 0. The second-order valence-electron chi connectivity index (χ2n) is 7.68. The second-order valence-corrected chi connectivity index (χ2v) is 8.76. The number of nitrogens with zero attached hydrogens (tertiary/aromatic N) is 2. The maximum absolute atomic E-state index is 5.89. The van der Waals surface area contributed by atoms with Gasteiger partial charge in [-0.3, -0.25) is 0 Å². The van der Waals surface area contributed by atoms with Crippen molar-refractivity contribution in [2.45, 2.75) is 32.8 Å². The fraction of sp³-hybridized carbons (Fsp3) is 0.250. The van der Waals surface area contributed by atoms with E-state index in [1.807, 2.05) is 53.8 Å². The number of rotatable bonds is 5. The summed E-state index contributed by atoms with van der Waals surface area (Å²) < 4.78 is 5.89. The molecule has 4 nitrogen and oxygen atoms in total. The lowest BCUT2D eigenvalue weighted by molar-refractivity contribution is 0.306. The van der Waals surface area contributed by atoms with Crippen molar-refractivity contribution in [2.75, 3.05) is 5.32 Å². The summed E-state index contributed by atoms with van der Waals surface area (Å²) in [4.78, 5) is 11.6. The first-order valence-electron chi connectivity index (χ1n) is 10.1. The molecule has 0 radical (unpaired) electrons. The van der Waals surface area contributed by atoms with Crippen LogP contribution in [0.2, 0.25) is 0 Å². The highest BCUT2D eigenvalue weighted by Gasteiger charge is 2.23. The Labute approximate surface area is 174 Å². The first-order valence-corrected chi connectivity index (χ1v) is 10.9. The number of anilines is 2. The van der Waals surface area contributed by atoms with Crippen LogP contribution in [0.4, 0.5) is 11.5 Å². The van der Waals surface area contributed by atoms with Crippen LogP contribution < -0.4 is 10.1 Å². The monoisotopic (exact) mass is 401 g/mol. The first-order chi connectivity index (χ1) is 14.3. The van der Waals surface area contributed by atoms with Crippen LogP contribution >= 0.6 is 11.3 Å². The average molecular weight is 402 g/mol. The molecule has 0 fully saturated rings.